The normalized spacial score (nSPS) is 15.8. The van der Waals surface area contributed by atoms with E-state index < -0.39 is 29.3 Å². The quantitative estimate of drug-likeness (QED) is 0.503. The maximum absolute atomic E-state index is 13.5. The average molecular weight is 518 g/mol. The fraction of sp³-hybridized carbons (Fsp3) is 0.240. The summed E-state index contributed by atoms with van der Waals surface area (Å²) in [6.07, 6.45) is -3.15. The first-order chi connectivity index (χ1) is 17.1. The number of alkyl halides is 3. The number of hydrogen-bond acceptors (Lipinski definition) is 7. The molecule has 0 saturated heterocycles. The summed E-state index contributed by atoms with van der Waals surface area (Å²) in [6, 6.07) is 10.8. The van der Waals surface area contributed by atoms with E-state index in [0.29, 0.717) is 21.8 Å². The molecule has 7 nitrogen and oxygen atoms in total. The summed E-state index contributed by atoms with van der Waals surface area (Å²) in [4.78, 5) is 31.2. The molecule has 188 valence electrons. The van der Waals surface area contributed by atoms with Crippen LogP contribution in [0.4, 0.5) is 18.9 Å². The Hall–Kier alpha value is -3.86. The van der Waals surface area contributed by atoms with Gasteiger partial charge in [-0.15, -0.1) is 0 Å². The van der Waals surface area contributed by atoms with Gasteiger partial charge in [0, 0.05) is 11.9 Å². The van der Waals surface area contributed by atoms with Crippen LogP contribution in [-0.4, -0.2) is 24.3 Å². The van der Waals surface area contributed by atoms with E-state index in [1.165, 1.54) is 30.0 Å². The van der Waals surface area contributed by atoms with Gasteiger partial charge in [-0.1, -0.05) is 29.5 Å². The Morgan fingerprint density at radius 2 is 1.94 bits per heavy atom. The first-order valence-electron chi connectivity index (χ1n) is 10.9. The predicted octanol–water partition coefficient (Wildman–Crippen LogP) is 3.85. The summed E-state index contributed by atoms with van der Waals surface area (Å²) in [7, 11) is 1.53. The van der Waals surface area contributed by atoms with Gasteiger partial charge in [0.2, 0.25) is 0 Å². The highest BCUT2D eigenvalue weighted by molar-refractivity contribution is 7.07. The second-order valence-corrected chi connectivity index (χ2v) is 8.81. The largest absolute Gasteiger partial charge is 0.497 e. The molecule has 1 aromatic heterocycles. The zero-order valence-electron chi connectivity index (χ0n) is 19.6. The molecule has 1 N–H and O–H groups in total. The van der Waals surface area contributed by atoms with Crippen LogP contribution in [0.1, 0.15) is 31.0 Å². The van der Waals surface area contributed by atoms with Crippen LogP contribution in [0.5, 0.6) is 5.75 Å². The molecule has 1 aliphatic rings. The molecule has 0 spiro atoms. The van der Waals surface area contributed by atoms with E-state index in [1.807, 2.05) is 0 Å². The molecule has 0 fully saturated rings. The van der Waals surface area contributed by atoms with Gasteiger partial charge in [-0.05, 0) is 49.7 Å². The first kappa shape index (κ1) is 25.2. The minimum atomic E-state index is -4.49. The van der Waals surface area contributed by atoms with Crippen LogP contribution in [-0.2, 0) is 15.7 Å². The average Bonchev–Trinajstić information content (AvgIpc) is 3.16. The number of nitrogens with zero attached hydrogens (tertiary/aromatic N) is 2. The van der Waals surface area contributed by atoms with Crippen molar-refractivity contribution in [2.75, 3.05) is 19.0 Å². The predicted molar refractivity (Wildman–Crippen MR) is 129 cm³/mol. The van der Waals surface area contributed by atoms with Gasteiger partial charge < -0.3 is 14.8 Å². The molecular weight excluding hydrogens is 495 g/mol. The number of allylic oxidation sites excluding steroid dienone is 1. The molecule has 1 aliphatic heterocycles. The number of fused-ring (bicyclic) bond motifs is 1. The van der Waals surface area contributed by atoms with Crippen LogP contribution < -0.4 is 24.9 Å². The number of carbonyl (C=O) groups excluding carboxylic acids is 1. The molecule has 0 unspecified atom stereocenters. The number of methoxy groups -OCH3 is 1. The van der Waals surface area contributed by atoms with Crippen LogP contribution in [0.3, 0.4) is 0 Å². The Labute approximate surface area is 207 Å². The third kappa shape index (κ3) is 4.92. The van der Waals surface area contributed by atoms with Gasteiger partial charge in [-0.3, -0.25) is 9.36 Å². The Kier molecular flexibility index (Phi) is 7.02. The van der Waals surface area contributed by atoms with E-state index in [4.69, 9.17) is 9.47 Å². The molecule has 2 heterocycles. The van der Waals surface area contributed by atoms with Gasteiger partial charge in [0.15, 0.2) is 4.80 Å². The van der Waals surface area contributed by atoms with Crippen molar-refractivity contribution in [2.24, 2.45) is 4.99 Å². The molecule has 3 aromatic rings. The molecule has 2 aromatic carbocycles. The van der Waals surface area contributed by atoms with Crippen molar-refractivity contribution in [3.8, 4) is 5.75 Å². The monoisotopic (exact) mass is 517 g/mol. The van der Waals surface area contributed by atoms with Gasteiger partial charge in [0.05, 0.1) is 36.6 Å². The van der Waals surface area contributed by atoms with Crippen molar-refractivity contribution in [1.82, 2.24) is 4.57 Å². The zero-order chi connectivity index (χ0) is 26.0. The number of halogens is 3. The van der Waals surface area contributed by atoms with Crippen molar-refractivity contribution in [1.29, 1.82) is 0 Å². The van der Waals surface area contributed by atoms with Gasteiger partial charge in [0.1, 0.15) is 10.3 Å². The molecular formula is C25H22F3N3O4S. The first-order valence-corrected chi connectivity index (χ1v) is 11.7. The highest BCUT2D eigenvalue weighted by Crippen LogP contribution is 2.32. The number of anilines is 1. The number of nitrogens with one attached hydrogen (secondary N) is 1. The summed E-state index contributed by atoms with van der Waals surface area (Å²) in [5.74, 6) is 0.0192. The molecule has 0 bridgehead atoms. The summed E-state index contributed by atoms with van der Waals surface area (Å²) in [5, 5.41) is 2.77. The lowest BCUT2D eigenvalue weighted by molar-refractivity contribution is -0.139. The smallest absolute Gasteiger partial charge is 0.416 e. The number of ether oxygens (including phenoxy) is 2. The number of hydrogen-bond donors (Lipinski definition) is 1. The number of aromatic nitrogens is 1. The number of benzene rings is 2. The summed E-state index contributed by atoms with van der Waals surface area (Å²) in [5.41, 5.74) is 0.196. The van der Waals surface area contributed by atoms with E-state index in [2.05, 4.69) is 10.3 Å². The molecule has 36 heavy (non-hydrogen) atoms. The highest BCUT2D eigenvalue weighted by atomic mass is 32.1. The van der Waals surface area contributed by atoms with Crippen LogP contribution in [0, 0.1) is 0 Å². The molecule has 0 radical (unpaired) electrons. The number of rotatable bonds is 6. The summed E-state index contributed by atoms with van der Waals surface area (Å²) < 4.78 is 51.2. The van der Waals surface area contributed by atoms with Gasteiger partial charge >= 0.3 is 12.1 Å². The second kappa shape index (κ2) is 10.0. The fourth-order valence-corrected chi connectivity index (χ4v) is 4.80. The van der Waals surface area contributed by atoms with E-state index >= 15 is 0 Å². The standard InChI is InChI=1S/C25H22F3N3O4S/c1-4-35-23(33)20-14(2)30-24-31(21(20)15-8-10-18(34-3)11-9-15)22(32)19(36-24)13-29-17-7-5-6-16(12-17)25(26,27)28/h5-13,21,29H,4H2,1-3H3/b19-13-/t21-/m0/s1. The lowest BCUT2D eigenvalue weighted by Crippen LogP contribution is -2.40. The van der Waals surface area contributed by atoms with Crippen LogP contribution in [0.15, 0.2) is 69.6 Å². The Morgan fingerprint density at radius 1 is 1.22 bits per heavy atom. The van der Waals surface area contributed by atoms with Gasteiger partial charge in [0.25, 0.3) is 5.56 Å². The lowest BCUT2D eigenvalue weighted by Gasteiger charge is -2.24. The van der Waals surface area contributed by atoms with E-state index in [9.17, 15) is 22.8 Å². The van der Waals surface area contributed by atoms with Crippen molar-refractivity contribution in [2.45, 2.75) is 26.1 Å². The minimum Gasteiger partial charge on any atom is -0.497 e. The molecule has 0 saturated carbocycles. The zero-order valence-corrected chi connectivity index (χ0v) is 20.4. The Bertz CT molecular complexity index is 1500. The van der Waals surface area contributed by atoms with Gasteiger partial charge in [-0.2, -0.15) is 13.2 Å². The maximum atomic E-state index is 13.5. The third-order valence-corrected chi connectivity index (χ3v) is 6.49. The molecule has 0 aliphatic carbocycles. The molecule has 0 amide bonds. The van der Waals surface area contributed by atoms with Crippen molar-refractivity contribution >= 4 is 29.2 Å². The number of carbonyl (C=O) groups is 1. The highest BCUT2D eigenvalue weighted by Gasteiger charge is 2.33. The topological polar surface area (TPSA) is 81.9 Å². The van der Waals surface area contributed by atoms with Gasteiger partial charge in [-0.25, -0.2) is 9.79 Å². The Morgan fingerprint density at radius 3 is 2.58 bits per heavy atom. The minimum absolute atomic E-state index is 0.149. The van der Waals surface area contributed by atoms with Crippen molar-refractivity contribution in [3.63, 3.8) is 0 Å². The van der Waals surface area contributed by atoms with E-state index in [-0.39, 0.29) is 22.4 Å². The van der Waals surface area contributed by atoms with Crippen LogP contribution in [0.25, 0.3) is 6.20 Å². The number of thiazole rings is 1. The third-order valence-electron chi connectivity index (χ3n) is 5.51. The van der Waals surface area contributed by atoms with E-state index in [0.717, 1.165) is 23.5 Å². The lowest BCUT2D eigenvalue weighted by atomic mass is 9.96. The van der Waals surface area contributed by atoms with Crippen molar-refractivity contribution < 1.29 is 27.4 Å². The summed E-state index contributed by atoms with van der Waals surface area (Å²) >= 11 is 1.06. The van der Waals surface area contributed by atoms with E-state index in [1.54, 1.807) is 38.1 Å². The number of esters is 1. The fourth-order valence-electron chi connectivity index (χ4n) is 3.83. The SMILES string of the molecule is CCOC(=O)C1=C(C)N=c2s/c(=C\Nc3cccc(C(F)(F)F)c3)c(=O)n2[C@H]1c1ccc(OC)cc1. The molecule has 4 rings (SSSR count). The molecule has 11 heteroatoms. The second-order valence-electron chi connectivity index (χ2n) is 7.80. The van der Waals surface area contributed by atoms with Crippen molar-refractivity contribution in [3.05, 3.63) is 90.6 Å². The Balaban J connectivity index is 1.82. The molecule has 1 atom stereocenters. The van der Waals surface area contributed by atoms with Crippen LogP contribution in [0.2, 0.25) is 0 Å². The van der Waals surface area contributed by atoms with Crippen LogP contribution >= 0.6 is 11.3 Å². The summed E-state index contributed by atoms with van der Waals surface area (Å²) in [6.45, 7) is 3.50. The maximum Gasteiger partial charge on any atom is 0.416 e.